The van der Waals surface area contributed by atoms with Crippen molar-refractivity contribution in [3.05, 3.63) is 0 Å². The highest BCUT2D eigenvalue weighted by Gasteiger charge is 2.19. The predicted octanol–water partition coefficient (Wildman–Crippen LogP) is 17.3. The van der Waals surface area contributed by atoms with Crippen LogP contribution in [-0.2, 0) is 28.6 Å². The van der Waals surface area contributed by atoms with Gasteiger partial charge in [0.2, 0.25) is 0 Å². The monoisotopic (exact) mass is 849 g/mol. The van der Waals surface area contributed by atoms with Gasteiger partial charge in [-0.05, 0) is 31.1 Å². The lowest BCUT2D eigenvalue weighted by Crippen LogP contribution is -2.30. The van der Waals surface area contributed by atoms with E-state index in [0.29, 0.717) is 19.3 Å². The molecule has 0 fully saturated rings. The van der Waals surface area contributed by atoms with E-state index in [2.05, 4.69) is 34.6 Å². The standard InChI is InChI=1S/C54H104O6/c1-6-7-8-9-27-34-39-44-52(55)58-47-51(60-54(57)46-41-36-31-26-22-18-14-16-20-24-29-33-38-43-50(4)5)48-59-53(56)45-40-35-30-25-21-17-13-11-10-12-15-19-23-28-32-37-42-49(2)3/h49-51H,6-48H2,1-5H3/t51-/m0/s1. The van der Waals surface area contributed by atoms with Crippen LogP contribution in [0.2, 0.25) is 0 Å². The van der Waals surface area contributed by atoms with Crippen molar-refractivity contribution in [2.24, 2.45) is 11.8 Å². The second-order valence-electron chi connectivity index (χ2n) is 19.5. The highest BCUT2D eigenvalue weighted by molar-refractivity contribution is 5.71. The van der Waals surface area contributed by atoms with Crippen molar-refractivity contribution in [2.75, 3.05) is 13.2 Å². The number of carbonyl (C=O) groups excluding carboxylic acids is 3. The summed E-state index contributed by atoms with van der Waals surface area (Å²) in [5.41, 5.74) is 0. The lowest BCUT2D eigenvalue weighted by molar-refractivity contribution is -0.167. The van der Waals surface area contributed by atoms with Crippen LogP contribution in [0.15, 0.2) is 0 Å². The van der Waals surface area contributed by atoms with E-state index in [1.54, 1.807) is 0 Å². The highest BCUT2D eigenvalue weighted by Crippen LogP contribution is 2.18. The van der Waals surface area contributed by atoms with Gasteiger partial charge in [-0.1, -0.05) is 259 Å². The van der Waals surface area contributed by atoms with E-state index in [1.807, 2.05) is 0 Å². The molecule has 0 spiro atoms. The maximum atomic E-state index is 12.8. The minimum Gasteiger partial charge on any atom is -0.462 e. The molecule has 0 N–H and O–H groups in total. The first-order chi connectivity index (χ1) is 29.2. The summed E-state index contributed by atoms with van der Waals surface area (Å²) < 4.78 is 16.8. The predicted molar refractivity (Wildman–Crippen MR) is 256 cm³/mol. The van der Waals surface area contributed by atoms with Gasteiger partial charge in [-0.3, -0.25) is 14.4 Å². The third-order valence-corrected chi connectivity index (χ3v) is 12.2. The Hall–Kier alpha value is -1.59. The lowest BCUT2D eigenvalue weighted by atomic mass is 10.0. The molecule has 0 unspecified atom stereocenters. The van der Waals surface area contributed by atoms with Crippen LogP contribution in [0.25, 0.3) is 0 Å². The normalized spacial score (nSPS) is 12.1. The molecule has 0 heterocycles. The smallest absolute Gasteiger partial charge is 0.306 e. The number of ether oxygens (including phenoxy) is 3. The van der Waals surface area contributed by atoms with E-state index in [1.165, 1.54) is 186 Å². The van der Waals surface area contributed by atoms with Crippen molar-refractivity contribution < 1.29 is 28.6 Å². The van der Waals surface area contributed by atoms with Gasteiger partial charge in [0.1, 0.15) is 13.2 Å². The van der Waals surface area contributed by atoms with Crippen LogP contribution in [0.3, 0.4) is 0 Å². The fourth-order valence-electron chi connectivity index (χ4n) is 8.17. The summed E-state index contributed by atoms with van der Waals surface area (Å²) >= 11 is 0. The molecule has 60 heavy (non-hydrogen) atoms. The SMILES string of the molecule is CCCCCCCCCC(=O)OC[C@@H](COC(=O)CCCCCCCCCCCCCCCCCCC(C)C)OC(=O)CCCCCCCCCCCCCCCC(C)C. The van der Waals surface area contributed by atoms with E-state index >= 15 is 0 Å². The number of carbonyl (C=O) groups is 3. The Balaban J connectivity index is 4.17. The van der Waals surface area contributed by atoms with Gasteiger partial charge in [-0.2, -0.15) is 0 Å². The van der Waals surface area contributed by atoms with E-state index in [9.17, 15) is 14.4 Å². The molecular weight excluding hydrogens is 745 g/mol. The summed E-state index contributed by atoms with van der Waals surface area (Å²) in [5, 5.41) is 0. The molecule has 0 aliphatic rings. The quantitative estimate of drug-likeness (QED) is 0.0345. The second kappa shape index (κ2) is 46.9. The first-order valence-electron chi connectivity index (χ1n) is 26.7. The van der Waals surface area contributed by atoms with Gasteiger partial charge in [-0.25, -0.2) is 0 Å². The van der Waals surface area contributed by atoms with E-state index in [4.69, 9.17) is 14.2 Å². The van der Waals surface area contributed by atoms with Crippen molar-refractivity contribution in [1.29, 1.82) is 0 Å². The first-order valence-corrected chi connectivity index (χ1v) is 26.7. The Labute approximate surface area is 374 Å². The zero-order chi connectivity index (χ0) is 44.0. The zero-order valence-electron chi connectivity index (χ0n) is 41.1. The maximum Gasteiger partial charge on any atom is 0.306 e. The van der Waals surface area contributed by atoms with Crippen molar-refractivity contribution in [1.82, 2.24) is 0 Å². The lowest BCUT2D eigenvalue weighted by Gasteiger charge is -2.18. The third-order valence-electron chi connectivity index (χ3n) is 12.2. The summed E-state index contributed by atoms with van der Waals surface area (Å²) in [6.45, 7) is 11.4. The molecule has 0 amide bonds. The Morgan fingerprint density at radius 1 is 0.317 bits per heavy atom. The molecule has 0 bridgehead atoms. The fraction of sp³-hybridized carbons (Fsp3) is 0.944. The molecule has 0 saturated carbocycles. The van der Waals surface area contributed by atoms with Gasteiger partial charge in [0.25, 0.3) is 0 Å². The second-order valence-corrected chi connectivity index (χ2v) is 19.5. The molecule has 0 aliphatic carbocycles. The summed E-state index contributed by atoms with van der Waals surface area (Å²) in [4.78, 5) is 37.8. The molecular formula is C54H104O6. The highest BCUT2D eigenvalue weighted by atomic mass is 16.6. The molecule has 0 aromatic carbocycles. The minimum atomic E-state index is -0.760. The van der Waals surface area contributed by atoms with Gasteiger partial charge in [0, 0.05) is 19.3 Å². The van der Waals surface area contributed by atoms with Crippen LogP contribution in [0, 0.1) is 11.8 Å². The van der Waals surface area contributed by atoms with Gasteiger partial charge < -0.3 is 14.2 Å². The topological polar surface area (TPSA) is 78.9 Å². The molecule has 1 atom stereocenters. The van der Waals surface area contributed by atoms with Crippen molar-refractivity contribution in [2.45, 2.75) is 304 Å². The van der Waals surface area contributed by atoms with E-state index in [0.717, 1.165) is 69.6 Å². The molecule has 356 valence electrons. The van der Waals surface area contributed by atoms with Crippen LogP contribution < -0.4 is 0 Å². The summed E-state index contributed by atoms with van der Waals surface area (Å²) in [6, 6.07) is 0. The van der Waals surface area contributed by atoms with E-state index < -0.39 is 6.10 Å². The number of hydrogen-bond acceptors (Lipinski definition) is 6. The average molecular weight is 849 g/mol. The van der Waals surface area contributed by atoms with Crippen LogP contribution in [0.5, 0.6) is 0 Å². The molecule has 0 aromatic heterocycles. The van der Waals surface area contributed by atoms with E-state index in [-0.39, 0.29) is 31.1 Å². The number of unbranched alkanes of at least 4 members (excludes halogenated alkanes) is 33. The molecule has 0 rings (SSSR count). The summed E-state index contributed by atoms with van der Waals surface area (Å²) in [5.74, 6) is 0.839. The minimum absolute atomic E-state index is 0.0636. The van der Waals surface area contributed by atoms with Crippen LogP contribution in [0.4, 0.5) is 0 Å². The number of esters is 3. The van der Waals surface area contributed by atoms with Gasteiger partial charge >= 0.3 is 17.9 Å². The van der Waals surface area contributed by atoms with Gasteiger partial charge in [0.05, 0.1) is 0 Å². The van der Waals surface area contributed by atoms with Gasteiger partial charge in [0.15, 0.2) is 6.10 Å². The first kappa shape index (κ1) is 58.4. The van der Waals surface area contributed by atoms with Crippen molar-refractivity contribution in [3.63, 3.8) is 0 Å². The maximum absolute atomic E-state index is 12.8. The summed E-state index contributed by atoms with van der Waals surface area (Å²) in [7, 11) is 0. The van der Waals surface area contributed by atoms with Gasteiger partial charge in [-0.15, -0.1) is 0 Å². The molecule has 6 nitrogen and oxygen atoms in total. The van der Waals surface area contributed by atoms with Crippen LogP contribution in [-0.4, -0.2) is 37.2 Å². The largest absolute Gasteiger partial charge is 0.462 e. The number of rotatable bonds is 48. The van der Waals surface area contributed by atoms with Crippen LogP contribution in [0.1, 0.15) is 298 Å². The molecule has 6 heteroatoms. The van der Waals surface area contributed by atoms with Crippen molar-refractivity contribution >= 4 is 17.9 Å². The Morgan fingerprint density at radius 2 is 0.550 bits per heavy atom. The summed E-state index contributed by atoms with van der Waals surface area (Å²) in [6.07, 6.45) is 48.2. The van der Waals surface area contributed by atoms with Crippen molar-refractivity contribution in [3.8, 4) is 0 Å². The average Bonchev–Trinajstić information content (AvgIpc) is 3.22. The van der Waals surface area contributed by atoms with Crippen LogP contribution >= 0.6 is 0 Å². The molecule has 0 radical (unpaired) electrons. The molecule has 0 aliphatic heterocycles. The Morgan fingerprint density at radius 3 is 0.817 bits per heavy atom. The third kappa shape index (κ3) is 47.5. The molecule has 0 saturated heterocycles. The Bertz CT molecular complexity index is 916. The fourth-order valence-corrected chi connectivity index (χ4v) is 8.17. The Kier molecular flexibility index (Phi) is 45.7. The number of hydrogen-bond donors (Lipinski definition) is 0. The zero-order valence-corrected chi connectivity index (χ0v) is 41.1. The molecule has 0 aromatic rings.